The van der Waals surface area contributed by atoms with E-state index in [1.165, 1.54) is 11.3 Å². The van der Waals surface area contributed by atoms with Crippen molar-refractivity contribution in [2.24, 2.45) is 0 Å². The summed E-state index contributed by atoms with van der Waals surface area (Å²) in [5.41, 5.74) is 0.982. The Morgan fingerprint density at radius 1 is 1.50 bits per heavy atom. The van der Waals surface area contributed by atoms with Gasteiger partial charge in [0.25, 0.3) is 0 Å². The Bertz CT molecular complexity index is 357. The van der Waals surface area contributed by atoms with Crippen molar-refractivity contribution in [3.63, 3.8) is 0 Å². The summed E-state index contributed by atoms with van der Waals surface area (Å²) in [5, 5.41) is 8.68. The number of aryl methyl sites for hydroxylation is 1. The van der Waals surface area contributed by atoms with Crippen LogP contribution in [0.5, 0.6) is 0 Å². The fourth-order valence-corrected chi connectivity index (χ4v) is 1.96. The number of nitrogens with zero attached hydrogens (tertiary/aromatic N) is 2. The summed E-state index contributed by atoms with van der Waals surface area (Å²) in [6.07, 6.45) is 1.68. The quantitative estimate of drug-likeness (QED) is 0.775. The third-order valence-electron chi connectivity index (χ3n) is 1.38. The zero-order valence-electron chi connectivity index (χ0n) is 6.24. The molecule has 0 aliphatic carbocycles. The van der Waals surface area contributed by atoms with Gasteiger partial charge in [-0.25, -0.2) is 0 Å². The summed E-state index contributed by atoms with van der Waals surface area (Å²) in [4.78, 5) is 0. The van der Waals surface area contributed by atoms with Gasteiger partial charge in [0.2, 0.25) is 0 Å². The highest BCUT2D eigenvalue weighted by Gasteiger charge is 2.06. The van der Waals surface area contributed by atoms with Crippen LogP contribution in [0.3, 0.4) is 0 Å². The van der Waals surface area contributed by atoms with Crippen molar-refractivity contribution in [1.82, 2.24) is 10.2 Å². The van der Waals surface area contributed by atoms with Gasteiger partial charge in [0.05, 0.1) is 5.56 Å². The molecule has 12 heavy (non-hydrogen) atoms. The van der Waals surface area contributed by atoms with Crippen molar-refractivity contribution >= 4 is 27.3 Å². The maximum absolute atomic E-state index is 5.15. The Balaban J connectivity index is 2.43. The highest BCUT2D eigenvalue weighted by atomic mass is 79.9. The second-order valence-corrected chi connectivity index (χ2v) is 4.56. The number of halogens is 1. The first-order chi connectivity index (χ1) is 5.75. The van der Waals surface area contributed by atoms with Gasteiger partial charge in [0.1, 0.15) is 12.0 Å². The minimum atomic E-state index is 0.788. The molecule has 0 fully saturated rings. The Labute approximate surface area is 81.6 Å². The van der Waals surface area contributed by atoms with Crippen LogP contribution in [0, 0.1) is 6.92 Å². The number of hydrogen-bond donors (Lipinski definition) is 0. The molecule has 0 bridgehead atoms. The number of aromatic nitrogens is 2. The van der Waals surface area contributed by atoms with Gasteiger partial charge >= 0.3 is 0 Å². The SMILES string of the molecule is Cc1cc(-c2nnc(Br)s2)co1. The molecule has 0 N–H and O–H groups in total. The lowest BCUT2D eigenvalue weighted by molar-refractivity contribution is 0.535. The van der Waals surface area contributed by atoms with E-state index in [1.807, 2.05) is 13.0 Å². The van der Waals surface area contributed by atoms with Gasteiger partial charge in [0, 0.05) is 0 Å². The van der Waals surface area contributed by atoms with E-state index in [-0.39, 0.29) is 0 Å². The van der Waals surface area contributed by atoms with Crippen molar-refractivity contribution in [2.45, 2.75) is 6.92 Å². The lowest BCUT2D eigenvalue weighted by Gasteiger charge is -1.80. The highest BCUT2D eigenvalue weighted by Crippen LogP contribution is 2.27. The lowest BCUT2D eigenvalue weighted by Crippen LogP contribution is -1.70. The predicted molar refractivity (Wildman–Crippen MR) is 50.0 cm³/mol. The number of furan rings is 1. The average Bonchev–Trinajstić information content (AvgIpc) is 2.58. The van der Waals surface area contributed by atoms with Crippen LogP contribution in [-0.2, 0) is 0 Å². The fourth-order valence-electron chi connectivity index (χ4n) is 0.878. The van der Waals surface area contributed by atoms with Crippen LogP contribution in [-0.4, -0.2) is 10.2 Å². The second-order valence-electron chi connectivity index (χ2n) is 2.31. The van der Waals surface area contributed by atoms with E-state index in [9.17, 15) is 0 Å². The molecule has 2 rings (SSSR count). The van der Waals surface area contributed by atoms with Crippen LogP contribution >= 0.6 is 27.3 Å². The summed E-state index contributed by atoms with van der Waals surface area (Å²) in [7, 11) is 0. The lowest BCUT2D eigenvalue weighted by atomic mass is 10.3. The maximum Gasteiger partial charge on any atom is 0.183 e. The molecule has 2 heterocycles. The van der Waals surface area contributed by atoms with Crippen molar-refractivity contribution < 1.29 is 4.42 Å². The summed E-state index contributed by atoms with van der Waals surface area (Å²) in [6.45, 7) is 1.90. The molecule has 2 aromatic heterocycles. The molecule has 0 radical (unpaired) electrons. The van der Waals surface area contributed by atoms with E-state index < -0.39 is 0 Å². The molecule has 0 spiro atoms. The summed E-state index contributed by atoms with van der Waals surface area (Å²) >= 11 is 4.74. The third-order valence-corrected chi connectivity index (χ3v) is 2.78. The first-order valence-electron chi connectivity index (χ1n) is 3.30. The molecular weight excluding hydrogens is 240 g/mol. The Kier molecular flexibility index (Phi) is 1.98. The van der Waals surface area contributed by atoms with Gasteiger partial charge < -0.3 is 4.42 Å². The molecule has 0 aliphatic heterocycles. The van der Waals surface area contributed by atoms with Gasteiger partial charge in [-0.2, -0.15) is 0 Å². The molecule has 0 saturated heterocycles. The summed E-state index contributed by atoms with van der Waals surface area (Å²) in [6, 6.07) is 1.94. The van der Waals surface area contributed by atoms with Gasteiger partial charge in [-0.15, -0.1) is 10.2 Å². The third kappa shape index (κ3) is 1.42. The molecular formula is C7H5BrN2OS. The highest BCUT2D eigenvalue weighted by molar-refractivity contribution is 9.11. The van der Waals surface area contributed by atoms with Crippen LogP contribution in [0.2, 0.25) is 0 Å². The Morgan fingerprint density at radius 3 is 2.83 bits per heavy atom. The topological polar surface area (TPSA) is 38.9 Å². The van der Waals surface area contributed by atoms with Gasteiger partial charge in [-0.3, -0.25) is 0 Å². The average molecular weight is 245 g/mol. The number of hydrogen-bond acceptors (Lipinski definition) is 4. The molecule has 2 aromatic rings. The normalized spacial score (nSPS) is 10.5. The monoisotopic (exact) mass is 244 g/mol. The van der Waals surface area contributed by atoms with Crippen LogP contribution in [0.15, 0.2) is 20.7 Å². The first kappa shape index (κ1) is 7.94. The van der Waals surface area contributed by atoms with Crippen molar-refractivity contribution in [3.8, 4) is 10.6 Å². The molecule has 0 aliphatic rings. The van der Waals surface area contributed by atoms with E-state index in [2.05, 4.69) is 26.1 Å². The maximum atomic E-state index is 5.15. The molecule has 5 heteroatoms. The molecule has 0 atom stereocenters. The summed E-state index contributed by atoms with van der Waals surface area (Å²) < 4.78 is 5.94. The standard InChI is InChI=1S/C7H5BrN2OS/c1-4-2-5(3-11-4)6-9-10-7(8)12-6/h2-3H,1H3. The first-order valence-corrected chi connectivity index (χ1v) is 4.91. The largest absolute Gasteiger partial charge is 0.469 e. The molecule has 0 amide bonds. The molecule has 0 saturated carbocycles. The minimum absolute atomic E-state index is 0.788. The Hall–Kier alpha value is -0.680. The van der Waals surface area contributed by atoms with Gasteiger partial charge in [-0.05, 0) is 28.9 Å². The van der Waals surface area contributed by atoms with Gasteiger partial charge in [-0.1, -0.05) is 11.3 Å². The van der Waals surface area contributed by atoms with Crippen molar-refractivity contribution in [1.29, 1.82) is 0 Å². The van der Waals surface area contributed by atoms with Crippen molar-refractivity contribution in [3.05, 3.63) is 22.0 Å². The van der Waals surface area contributed by atoms with Crippen LogP contribution in [0.1, 0.15) is 5.76 Å². The van der Waals surface area contributed by atoms with Crippen molar-refractivity contribution in [2.75, 3.05) is 0 Å². The zero-order valence-corrected chi connectivity index (χ0v) is 8.65. The summed E-state index contributed by atoms with van der Waals surface area (Å²) in [5.74, 6) is 0.885. The van der Waals surface area contributed by atoms with Gasteiger partial charge in [0.15, 0.2) is 8.92 Å². The minimum Gasteiger partial charge on any atom is -0.469 e. The zero-order chi connectivity index (χ0) is 8.55. The predicted octanol–water partition coefficient (Wildman–Crippen LogP) is 2.87. The van der Waals surface area contributed by atoms with E-state index >= 15 is 0 Å². The molecule has 62 valence electrons. The van der Waals surface area contributed by atoms with E-state index in [0.717, 1.165) is 20.2 Å². The Morgan fingerprint density at radius 2 is 2.33 bits per heavy atom. The molecule has 3 nitrogen and oxygen atoms in total. The second kappa shape index (κ2) is 2.99. The fraction of sp³-hybridized carbons (Fsp3) is 0.143. The van der Waals surface area contributed by atoms with Crippen LogP contribution in [0.4, 0.5) is 0 Å². The van der Waals surface area contributed by atoms with Crippen LogP contribution < -0.4 is 0 Å². The smallest absolute Gasteiger partial charge is 0.183 e. The van der Waals surface area contributed by atoms with E-state index in [4.69, 9.17) is 4.42 Å². The molecule has 0 unspecified atom stereocenters. The van der Waals surface area contributed by atoms with E-state index in [1.54, 1.807) is 6.26 Å². The number of rotatable bonds is 1. The molecule has 0 aromatic carbocycles. The van der Waals surface area contributed by atoms with E-state index in [0.29, 0.717) is 0 Å². The van der Waals surface area contributed by atoms with Crippen LogP contribution in [0.25, 0.3) is 10.6 Å².